The zero-order chi connectivity index (χ0) is 15.1. The standard InChI is InChI=1S/C13H17BrClF2NO2/c1-18-11(3-4-20-7-12(16)17)9-5-8(15)6-10(14)13(9)19-2/h5-6,11-12,18H,3-4,7H2,1-2H3. The highest BCUT2D eigenvalue weighted by Crippen LogP contribution is 2.36. The number of hydrogen-bond acceptors (Lipinski definition) is 3. The Balaban J connectivity index is 2.78. The first kappa shape index (κ1) is 17.6. The maximum Gasteiger partial charge on any atom is 0.261 e. The van der Waals surface area contributed by atoms with Crippen LogP contribution in [0.2, 0.25) is 5.02 Å². The number of alkyl halides is 2. The average Bonchev–Trinajstić information content (AvgIpc) is 2.37. The Morgan fingerprint density at radius 2 is 2.10 bits per heavy atom. The molecular formula is C13H17BrClF2NO2. The first-order valence-corrected chi connectivity index (χ1v) is 7.22. The highest BCUT2D eigenvalue weighted by Gasteiger charge is 2.18. The lowest BCUT2D eigenvalue weighted by Gasteiger charge is -2.20. The fraction of sp³-hybridized carbons (Fsp3) is 0.538. The number of benzene rings is 1. The van der Waals surface area contributed by atoms with E-state index in [1.165, 1.54) is 0 Å². The van der Waals surface area contributed by atoms with Gasteiger partial charge in [-0.25, -0.2) is 8.78 Å². The van der Waals surface area contributed by atoms with Gasteiger partial charge < -0.3 is 14.8 Å². The molecule has 1 rings (SSSR count). The van der Waals surface area contributed by atoms with Crippen molar-refractivity contribution < 1.29 is 18.3 Å². The van der Waals surface area contributed by atoms with Gasteiger partial charge in [-0.1, -0.05) is 11.6 Å². The van der Waals surface area contributed by atoms with Crippen molar-refractivity contribution in [1.29, 1.82) is 0 Å². The van der Waals surface area contributed by atoms with Crippen LogP contribution in [0.1, 0.15) is 18.0 Å². The average molecular weight is 373 g/mol. The Bertz CT molecular complexity index is 435. The van der Waals surface area contributed by atoms with Gasteiger partial charge in [-0.15, -0.1) is 0 Å². The van der Waals surface area contributed by atoms with Crippen LogP contribution in [0, 0.1) is 0 Å². The van der Waals surface area contributed by atoms with Gasteiger partial charge in [-0.2, -0.15) is 0 Å². The first-order valence-electron chi connectivity index (χ1n) is 6.05. The predicted octanol–water partition coefficient (Wildman–Crippen LogP) is 4.04. The minimum absolute atomic E-state index is 0.0994. The smallest absolute Gasteiger partial charge is 0.261 e. The van der Waals surface area contributed by atoms with Gasteiger partial charge in [0.2, 0.25) is 0 Å². The summed E-state index contributed by atoms with van der Waals surface area (Å²) in [5, 5.41) is 3.68. The van der Waals surface area contributed by atoms with E-state index in [2.05, 4.69) is 21.2 Å². The molecule has 0 saturated carbocycles. The Hall–Kier alpha value is -0.430. The Labute approximate surface area is 130 Å². The lowest BCUT2D eigenvalue weighted by atomic mass is 10.0. The molecule has 20 heavy (non-hydrogen) atoms. The number of halogens is 4. The van der Waals surface area contributed by atoms with Crippen molar-refractivity contribution in [2.75, 3.05) is 27.4 Å². The van der Waals surface area contributed by atoms with Crippen LogP contribution in [-0.2, 0) is 4.74 Å². The van der Waals surface area contributed by atoms with E-state index in [-0.39, 0.29) is 12.6 Å². The topological polar surface area (TPSA) is 30.5 Å². The zero-order valence-electron chi connectivity index (χ0n) is 11.3. The largest absolute Gasteiger partial charge is 0.495 e. The molecule has 1 N–H and O–H groups in total. The van der Waals surface area contributed by atoms with Crippen LogP contribution in [-0.4, -0.2) is 33.8 Å². The van der Waals surface area contributed by atoms with Crippen molar-refractivity contribution in [1.82, 2.24) is 5.32 Å². The third-order valence-electron chi connectivity index (χ3n) is 2.76. The molecular weight excluding hydrogens is 356 g/mol. The molecule has 0 radical (unpaired) electrons. The summed E-state index contributed by atoms with van der Waals surface area (Å²) in [7, 11) is 3.35. The summed E-state index contributed by atoms with van der Waals surface area (Å²) < 4.78 is 35.0. The Morgan fingerprint density at radius 3 is 2.65 bits per heavy atom. The zero-order valence-corrected chi connectivity index (χ0v) is 13.6. The third kappa shape index (κ3) is 5.16. The molecule has 0 fully saturated rings. The number of hydrogen-bond donors (Lipinski definition) is 1. The Morgan fingerprint density at radius 1 is 1.40 bits per heavy atom. The normalized spacial score (nSPS) is 12.8. The summed E-state index contributed by atoms with van der Waals surface area (Å²) in [6.07, 6.45) is -1.91. The number of rotatable bonds is 8. The van der Waals surface area contributed by atoms with Crippen LogP contribution >= 0.6 is 27.5 Å². The lowest BCUT2D eigenvalue weighted by molar-refractivity contribution is 0.0145. The molecule has 7 heteroatoms. The SMILES string of the molecule is CNC(CCOCC(F)F)c1cc(Cl)cc(Br)c1OC. The molecule has 0 bridgehead atoms. The van der Waals surface area contributed by atoms with Crippen LogP contribution in [0.3, 0.4) is 0 Å². The molecule has 0 aromatic heterocycles. The summed E-state index contributed by atoms with van der Waals surface area (Å²) in [6, 6.07) is 3.43. The van der Waals surface area contributed by atoms with Gasteiger partial charge >= 0.3 is 0 Å². The molecule has 1 atom stereocenters. The van der Waals surface area contributed by atoms with Crippen molar-refractivity contribution in [2.45, 2.75) is 18.9 Å². The predicted molar refractivity (Wildman–Crippen MR) is 78.9 cm³/mol. The van der Waals surface area contributed by atoms with Crippen molar-refractivity contribution in [3.8, 4) is 5.75 Å². The van der Waals surface area contributed by atoms with Crippen molar-refractivity contribution in [2.24, 2.45) is 0 Å². The number of nitrogens with one attached hydrogen (secondary N) is 1. The van der Waals surface area contributed by atoms with Crippen molar-refractivity contribution in [3.63, 3.8) is 0 Å². The van der Waals surface area contributed by atoms with Gasteiger partial charge in [0.15, 0.2) is 0 Å². The summed E-state index contributed by atoms with van der Waals surface area (Å²) in [6.45, 7) is -0.323. The molecule has 0 aliphatic heterocycles. The fourth-order valence-corrected chi connectivity index (χ4v) is 2.88. The second-order valence-electron chi connectivity index (χ2n) is 4.11. The quantitative estimate of drug-likeness (QED) is 0.699. The van der Waals surface area contributed by atoms with E-state index in [1.54, 1.807) is 26.3 Å². The van der Waals surface area contributed by atoms with E-state index in [1.807, 2.05) is 0 Å². The molecule has 0 aliphatic rings. The molecule has 1 aromatic carbocycles. The number of methoxy groups -OCH3 is 1. The van der Waals surface area contributed by atoms with E-state index >= 15 is 0 Å². The van der Waals surface area contributed by atoms with Crippen LogP contribution in [0.15, 0.2) is 16.6 Å². The summed E-state index contributed by atoms with van der Waals surface area (Å²) in [4.78, 5) is 0. The molecule has 0 aliphatic carbocycles. The maximum atomic E-state index is 12.0. The minimum Gasteiger partial charge on any atom is -0.495 e. The highest BCUT2D eigenvalue weighted by atomic mass is 79.9. The summed E-state index contributed by atoms with van der Waals surface area (Å²) in [5.74, 6) is 0.669. The third-order valence-corrected chi connectivity index (χ3v) is 3.57. The van der Waals surface area contributed by atoms with Crippen LogP contribution in [0.25, 0.3) is 0 Å². The second kappa shape index (κ2) is 8.77. The van der Waals surface area contributed by atoms with E-state index in [0.29, 0.717) is 17.2 Å². The minimum atomic E-state index is -2.45. The monoisotopic (exact) mass is 371 g/mol. The second-order valence-corrected chi connectivity index (χ2v) is 5.40. The van der Waals surface area contributed by atoms with E-state index in [9.17, 15) is 8.78 Å². The van der Waals surface area contributed by atoms with Gasteiger partial charge in [0.1, 0.15) is 12.4 Å². The number of ether oxygens (including phenoxy) is 2. The van der Waals surface area contributed by atoms with E-state index < -0.39 is 13.0 Å². The summed E-state index contributed by atoms with van der Waals surface area (Å²) >= 11 is 9.43. The highest BCUT2D eigenvalue weighted by molar-refractivity contribution is 9.10. The van der Waals surface area contributed by atoms with Crippen LogP contribution in [0.4, 0.5) is 8.78 Å². The Kier molecular flexibility index (Phi) is 7.72. The molecule has 3 nitrogen and oxygen atoms in total. The molecule has 1 aromatic rings. The molecule has 0 saturated heterocycles. The van der Waals surface area contributed by atoms with E-state index in [0.717, 1.165) is 10.0 Å². The van der Waals surface area contributed by atoms with E-state index in [4.69, 9.17) is 21.1 Å². The van der Waals surface area contributed by atoms with Crippen molar-refractivity contribution in [3.05, 3.63) is 27.2 Å². The molecule has 0 spiro atoms. The lowest BCUT2D eigenvalue weighted by Crippen LogP contribution is -2.20. The maximum absolute atomic E-state index is 12.0. The van der Waals surface area contributed by atoms with Crippen LogP contribution < -0.4 is 10.1 Å². The van der Waals surface area contributed by atoms with Gasteiger partial charge in [-0.3, -0.25) is 0 Å². The van der Waals surface area contributed by atoms with Gasteiger partial charge in [-0.05, 0) is 41.5 Å². The molecule has 0 heterocycles. The molecule has 114 valence electrons. The van der Waals surface area contributed by atoms with Crippen molar-refractivity contribution >= 4 is 27.5 Å². The molecule has 1 unspecified atom stereocenters. The first-order chi connectivity index (χ1) is 9.49. The van der Waals surface area contributed by atoms with Gasteiger partial charge in [0.25, 0.3) is 6.43 Å². The summed E-state index contributed by atoms with van der Waals surface area (Å²) in [5.41, 5.74) is 0.857. The fourth-order valence-electron chi connectivity index (χ4n) is 1.88. The van der Waals surface area contributed by atoms with Gasteiger partial charge in [0.05, 0.1) is 11.6 Å². The van der Waals surface area contributed by atoms with Gasteiger partial charge in [0, 0.05) is 23.2 Å². The van der Waals surface area contributed by atoms with Crippen LogP contribution in [0.5, 0.6) is 5.75 Å². The molecule has 0 amide bonds.